The minimum absolute atomic E-state index is 0.182. The maximum Gasteiger partial charge on any atom is 0.239 e. The second kappa shape index (κ2) is 8.08. The highest BCUT2D eigenvalue weighted by Gasteiger charge is 2.10. The SMILES string of the molecule is CNC(=O)CNC(=O)CC(=O)NCC(=O)NC. The van der Waals surface area contributed by atoms with E-state index in [4.69, 9.17) is 0 Å². The van der Waals surface area contributed by atoms with Gasteiger partial charge in [-0.2, -0.15) is 0 Å². The van der Waals surface area contributed by atoms with Crippen molar-refractivity contribution in [2.45, 2.75) is 6.42 Å². The van der Waals surface area contributed by atoms with Crippen LogP contribution >= 0.6 is 0 Å². The number of carbonyl (C=O) groups is 4. The lowest BCUT2D eigenvalue weighted by Gasteiger charge is -2.05. The van der Waals surface area contributed by atoms with E-state index in [0.29, 0.717) is 0 Å². The summed E-state index contributed by atoms with van der Waals surface area (Å²) < 4.78 is 0. The number of nitrogens with one attached hydrogen (secondary N) is 4. The zero-order valence-electron chi connectivity index (χ0n) is 9.75. The Hall–Kier alpha value is -2.12. The van der Waals surface area contributed by atoms with Crippen molar-refractivity contribution in [1.82, 2.24) is 21.3 Å². The molecule has 8 nitrogen and oxygen atoms in total. The Kier molecular flexibility index (Phi) is 7.07. The van der Waals surface area contributed by atoms with Gasteiger partial charge in [0.25, 0.3) is 0 Å². The predicted octanol–water partition coefficient (Wildman–Crippen LogP) is -2.90. The molecule has 0 rings (SSSR count). The van der Waals surface area contributed by atoms with Crippen LogP contribution in [0, 0.1) is 0 Å². The van der Waals surface area contributed by atoms with Crippen molar-refractivity contribution in [3.05, 3.63) is 0 Å². The van der Waals surface area contributed by atoms with Gasteiger partial charge < -0.3 is 21.3 Å². The molecule has 8 heteroatoms. The molecule has 0 atom stereocenters. The first-order chi connectivity index (χ1) is 7.99. The lowest BCUT2D eigenvalue weighted by Crippen LogP contribution is -2.40. The van der Waals surface area contributed by atoms with Gasteiger partial charge in [-0.15, -0.1) is 0 Å². The van der Waals surface area contributed by atoms with Crippen LogP contribution in [-0.2, 0) is 19.2 Å². The van der Waals surface area contributed by atoms with E-state index in [9.17, 15) is 19.2 Å². The summed E-state index contributed by atoms with van der Waals surface area (Å²) in [6.07, 6.45) is -0.423. The Bertz CT molecular complexity index is 286. The van der Waals surface area contributed by atoms with Crippen molar-refractivity contribution in [1.29, 1.82) is 0 Å². The molecule has 0 unspecified atom stereocenters. The predicted molar refractivity (Wildman–Crippen MR) is 58.8 cm³/mol. The molecule has 0 aliphatic rings. The van der Waals surface area contributed by atoms with Crippen LogP contribution in [0.3, 0.4) is 0 Å². The third-order valence-electron chi connectivity index (χ3n) is 1.77. The number of rotatable bonds is 6. The summed E-state index contributed by atoms with van der Waals surface area (Å²) in [4.78, 5) is 43.8. The van der Waals surface area contributed by atoms with E-state index in [1.807, 2.05) is 0 Å². The third-order valence-corrected chi connectivity index (χ3v) is 1.77. The molecule has 0 saturated heterocycles. The third kappa shape index (κ3) is 7.77. The molecule has 0 heterocycles. The molecule has 0 aromatic heterocycles. The van der Waals surface area contributed by atoms with Crippen molar-refractivity contribution >= 4 is 23.6 Å². The van der Waals surface area contributed by atoms with E-state index in [-0.39, 0.29) is 24.9 Å². The van der Waals surface area contributed by atoms with Crippen molar-refractivity contribution in [3.8, 4) is 0 Å². The fraction of sp³-hybridized carbons (Fsp3) is 0.556. The fourth-order valence-corrected chi connectivity index (χ4v) is 0.805. The summed E-state index contributed by atoms with van der Waals surface area (Å²) in [5, 5.41) is 9.14. The molecule has 4 amide bonds. The first-order valence-electron chi connectivity index (χ1n) is 4.94. The number of hydrogen-bond donors (Lipinski definition) is 4. The Morgan fingerprint density at radius 1 is 0.706 bits per heavy atom. The van der Waals surface area contributed by atoms with Gasteiger partial charge in [0.05, 0.1) is 13.1 Å². The highest BCUT2D eigenvalue weighted by Crippen LogP contribution is 1.80. The average molecular weight is 244 g/mol. The minimum atomic E-state index is -0.581. The topological polar surface area (TPSA) is 116 Å². The van der Waals surface area contributed by atoms with Crippen molar-refractivity contribution in [2.24, 2.45) is 0 Å². The summed E-state index contributed by atoms with van der Waals surface area (Å²) in [5.74, 6) is -1.88. The van der Waals surface area contributed by atoms with Crippen molar-refractivity contribution in [3.63, 3.8) is 0 Å². The molecule has 0 aliphatic carbocycles. The Balaban J connectivity index is 3.77. The molecule has 0 bridgehead atoms. The van der Waals surface area contributed by atoms with Gasteiger partial charge in [-0.3, -0.25) is 19.2 Å². The second-order valence-electron chi connectivity index (χ2n) is 3.08. The van der Waals surface area contributed by atoms with E-state index < -0.39 is 18.2 Å². The Morgan fingerprint density at radius 2 is 1.06 bits per heavy atom. The highest BCUT2D eigenvalue weighted by atomic mass is 16.2. The van der Waals surface area contributed by atoms with Crippen LogP contribution in [0.1, 0.15) is 6.42 Å². The second-order valence-corrected chi connectivity index (χ2v) is 3.08. The Labute approximate surface area is 98.5 Å². The van der Waals surface area contributed by atoms with Crippen molar-refractivity contribution in [2.75, 3.05) is 27.2 Å². The van der Waals surface area contributed by atoms with Crippen molar-refractivity contribution < 1.29 is 19.2 Å². The molecule has 96 valence electrons. The molecular weight excluding hydrogens is 228 g/mol. The average Bonchev–Trinajstić information content (AvgIpc) is 2.32. The maximum atomic E-state index is 11.1. The molecule has 0 saturated carbocycles. The van der Waals surface area contributed by atoms with Gasteiger partial charge in [-0.1, -0.05) is 0 Å². The number of amides is 4. The summed E-state index contributed by atoms with van der Waals surface area (Å²) in [7, 11) is 2.87. The van der Waals surface area contributed by atoms with Gasteiger partial charge in [0.15, 0.2) is 0 Å². The largest absolute Gasteiger partial charge is 0.358 e. The smallest absolute Gasteiger partial charge is 0.239 e. The quantitative estimate of drug-likeness (QED) is 0.375. The highest BCUT2D eigenvalue weighted by molar-refractivity contribution is 5.99. The van der Waals surface area contributed by atoms with E-state index >= 15 is 0 Å². The van der Waals surface area contributed by atoms with Gasteiger partial charge in [-0.05, 0) is 0 Å². The normalized spacial score (nSPS) is 9.06. The summed E-state index contributed by atoms with van der Waals surface area (Å²) in [5.41, 5.74) is 0. The van der Waals surface area contributed by atoms with Crippen LogP contribution in [0.15, 0.2) is 0 Å². The molecule has 0 aliphatic heterocycles. The fourth-order valence-electron chi connectivity index (χ4n) is 0.805. The van der Waals surface area contributed by atoms with Crippen LogP contribution in [0.25, 0.3) is 0 Å². The molecule has 0 spiro atoms. The van der Waals surface area contributed by atoms with Gasteiger partial charge in [0.1, 0.15) is 6.42 Å². The lowest BCUT2D eigenvalue weighted by atomic mass is 10.3. The van der Waals surface area contributed by atoms with Crippen LogP contribution in [0.2, 0.25) is 0 Å². The summed E-state index contributed by atoms with van der Waals surface area (Å²) in [6.45, 7) is -0.365. The van der Waals surface area contributed by atoms with E-state index in [1.54, 1.807) is 0 Å². The van der Waals surface area contributed by atoms with Crippen LogP contribution in [-0.4, -0.2) is 50.8 Å². The minimum Gasteiger partial charge on any atom is -0.358 e. The zero-order valence-corrected chi connectivity index (χ0v) is 9.75. The Morgan fingerprint density at radius 3 is 1.35 bits per heavy atom. The first kappa shape index (κ1) is 14.9. The number of hydrogen-bond acceptors (Lipinski definition) is 4. The molecule has 17 heavy (non-hydrogen) atoms. The molecule has 0 aromatic carbocycles. The van der Waals surface area contributed by atoms with Gasteiger partial charge in [0.2, 0.25) is 23.6 Å². The van der Waals surface area contributed by atoms with Crippen LogP contribution in [0.4, 0.5) is 0 Å². The number of likely N-dealkylation sites (N-methyl/N-ethyl adjacent to an activating group) is 2. The lowest BCUT2D eigenvalue weighted by molar-refractivity contribution is -0.132. The summed E-state index contributed by atoms with van der Waals surface area (Å²) >= 11 is 0. The van der Waals surface area contributed by atoms with E-state index in [0.717, 1.165) is 0 Å². The molecule has 4 N–H and O–H groups in total. The monoisotopic (exact) mass is 244 g/mol. The first-order valence-corrected chi connectivity index (χ1v) is 4.94. The summed E-state index contributed by atoms with van der Waals surface area (Å²) in [6, 6.07) is 0. The molecule has 0 fully saturated rings. The van der Waals surface area contributed by atoms with Crippen LogP contribution < -0.4 is 21.3 Å². The molecule has 0 radical (unpaired) electrons. The van der Waals surface area contributed by atoms with Crippen LogP contribution in [0.5, 0.6) is 0 Å². The van der Waals surface area contributed by atoms with E-state index in [1.165, 1.54) is 14.1 Å². The van der Waals surface area contributed by atoms with Gasteiger partial charge in [-0.25, -0.2) is 0 Å². The van der Waals surface area contributed by atoms with E-state index in [2.05, 4.69) is 21.3 Å². The van der Waals surface area contributed by atoms with Gasteiger partial charge >= 0.3 is 0 Å². The molecule has 0 aromatic rings. The number of carbonyl (C=O) groups excluding carboxylic acids is 4. The molecular formula is C9H16N4O4. The zero-order chi connectivity index (χ0) is 13.3. The van der Waals surface area contributed by atoms with Gasteiger partial charge in [0, 0.05) is 14.1 Å². The standard InChI is InChI=1S/C9H16N4O4/c1-10-8(16)4-12-6(14)3-7(15)13-5-9(17)11-2/h3-5H2,1-2H3,(H,10,16)(H,11,17)(H,12,14)(H,13,15). The maximum absolute atomic E-state index is 11.1.